The lowest BCUT2D eigenvalue weighted by Gasteiger charge is -2.29. The summed E-state index contributed by atoms with van der Waals surface area (Å²) in [5.74, 6) is 0.0837. The number of fused-ring (bicyclic) bond motifs is 1. The Morgan fingerprint density at radius 1 is 1.24 bits per heavy atom. The average molecular weight is 521 g/mol. The van der Waals surface area contributed by atoms with Gasteiger partial charge in [-0.1, -0.05) is 11.6 Å². The number of aliphatic hydroxyl groups is 1. The number of hydrogen-bond donors (Lipinski definition) is 3. The second kappa shape index (κ2) is 10.6. The predicted molar refractivity (Wildman–Crippen MR) is 136 cm³/mol. The third-order valence-corrected chi connectivity index (χ3v) is 6.54. The van der Waals surface area contributed by atoms with E-state index >= 15 is 0 Å². The van der Waals surface area contributed by atoms with Crippen molar-refractivity contribution in [2.75, 3.05) is 18.5 Å². The van der Waals surface area contributed by atoms with Gasteiger partial charge in [-0.2, -0.15) is 5.26 Å². The number of aromatic amines is 1. The number of halogens is 2. The molecule has 1 aliphatic rings. The molecule has 0 unspecified atom stereocenters. The van der Waals surface area contributed by atoms with E-state index in [1.807, 2.05) is 0 Å². The van der Waals surface area contributed by atoms with E-state index in [0.29, 0.717) is 52.4 Å². The zero-order valence-corrected chi connectivity index (χ0v) is 20.3. The van der Waals surface area contributed by atoms with E-state index in [4.69, 9.17) is 21.1 Å². The maximum Gasteiger partial charge on any atom is 0.196 e. The molecule has 1 saturated heterocycles. The Labute approximate surface area is 216 Å². The largest absolute Gasteiger partial charge is 0.457 e. The number of carbonyl (C=O) groups is 1. The number of nitrogens with one attached hydrogen (secondary N) is 2. The van der Waals surface area contributed by atoms with Crippen molar-refractivity contribution >= 4 is 34.1 Å². The molecule has 0 saturated carbocycles. The number of anilines is 1. The number of aliphatic hydroxyl groups excluding tert-OH is 1. The maximum atomic E-state index is 13.6. The van der Waals surface area contributed by atoms with Crippen molar-refractivity contribution in [1.29, 1.82) is 5.26 Å². The molecule has 3 heterocycles. The zero-order valence-electron chi connectivity index (χ0n) is 19.5. The van der Waals surface area contributed by atoms with Gasteiger partial charge in [0.25, 0.3) is 0 Å². The van der Waals surface area contributed by atoms with Crippen molar-refractivity contribution in [3.8, 4) is 17.6 Å². The maximum absolute atomic E-state index is 13.6. The summed E-state index contributed by atoms with van der Waals surface area (Å²) in [5, 5.41) is 23.1. The number of ether oxygens (including phenoxy) is 2. The highest BCUT2D eigenvalue weighted by molar-refractivity contribution is 6.36. The van der Waals surface area contributed by atoms with Gasteiger partial charge in [-0.05, 0) is 49.2 Å². The molecule has 0 spiro atoms. The van der Waals surface area contributed by atoms with Crippen LogP contribution in [0, 0.1) is 17.1 Å². The van der Waals surface area contributed by atoms with Gasteiger partial charge in [0, 0.05) is 30.1 Å². The Morgan fingerprint density at radius 2 is 2.03 bits per heavy atom. The molecular weight excluding hydrogens is 499 g/mol. The van der Waals surface area contributed by atoms with Gasteiger partial charge < -0.3 is 24.9 Å². The molecule has 2 atom stereocenters. The molecule has 2 aromatic carbocycles. The second-order valence-electron chi connectivity index (χ2n) is 8.67. The molecule has 1 fully saturated rings. The van der Waals surface area contributed by atoms with Crippen LogP contribution in [-0.4, -0.2) is 46.2 Å². The van der Waals surface area contributed by atoms with Crippen LogP contribution in [0.25, 0.3) is 11.0 Å². The molecule has 0 bridgehead atoms. The number of nitriles is 1. The van der Waals surface area contributed by atoms with Gasteiger partial charge in [0.05, 0.1) is 46.5 Å². The molecule has 8 nitrogen and oxygen atoms in total. The highest BCUT2D eigenvalue weighted by Crippen LogP contribution is 2.34. The summed E-state index contributed by atoms with van der Waals surface area (Å²) in [7, 11) is 0. The van der Waals surface area contributed by atoms with E-state index in [-0.39, 0.29) is 40.9 Å². The van der Waals surface area contributed by atoms with E-state index < -0.39 is 0 Å². The van der Waals surface area contributed by atoms with Gasteiger partial charge in [0.1, 0.15) is 29.0 Å². The van der Waals surface area contributed by atoms with Crippen LogP contribution in [0.2, 0.25) is 5.02 Å². The van der Waals surface area contributed by atoms with Gasteiger partial charge in [-0.25, -0.2) is 9.37 Å². The second-order valence-corrected chi connectivity index (χ2v) is 9.08. The molecule has 5 rings (SSSR count). The van der Waals surface area contributed by atoms with Crippen LogP contribution in [-0.2, 0) is 4.74 Å². The van der Waals surface area contributed by atoms with Crippen LogP contribution in [0.1, 0.15) is 34.3 Å². The Balaban J connectivity index is 1.45. The fraction of sp³-hybridized carbons (Fsp3) is 0.222. The summed E-state index contributed by atoms with van der Waals surface area (Å²) in [6, 6.07) is 12.3. The lowest BCUT2D eigenvalue weighted by Crippen LogP contribution is -2.36. The van der Waals surface area contributed by atoms with Crippen LogP contribution in [0.15, 0.2) is 54.9 Å². The van der Waals surface area contributed by atoms with Crippen LogP contribution >= 0.6 is 11.6 Å². The predicted octanol–water partition coefficient (Wildman–Crippen LogP) is 5.20. The number of pyridine rings is 1. The monoisotopic (exact) mass is 520 g/mol. The number of rotatable bonds is 7. The molecule has 0 radical (unpaired) electrons. The first-order valence-electron chi connectivity index (χ1n) is 11.6. The van der Waals surface area contributed by atoms with Crippen molar-refractivity contribution in [3.63, 3.8) is 0 Å². The number of ketones is 1. The Kier molecular flexibility index (Phi) is 7.06. The summed E-state index contributed by atoms with van der Waals surface area (Å²) < 4.78 is 24.5. The number of hydrogen-bond acceptors (Lipinski definition) is 7. The van der Waals surface area contributed by atoms with Crippen molar-refractivity contribution in [3.05, 3.63) is 82.4 Å². The number of H-pyrrole nitrogens is 1. The molecule has 2 aromatic heterocycles. The Morgan fingerprint density at radius 3 is 2.70 bits per heavy atom. The normalized spacial score (nSPS) is 17.4. The first kappa shape index (κ1) is 24.7. The molecule has 188 valence electrons. The molecule has 10 heteroatoms. The Bertz CT molecular complexity index is 1490. The molecule has 1 aliphatic heterocycles. The van der Waals surface area contributed by atoms with Gasteiger partial charge in [-0.15, -0.1) is 0 Å². The summed E-state index contributed by atoms with van der Waals surface area (Å²) in [5.41, 5.74) is 1.78. The first-order valence-corrected chi connectivity index (χ1v) is 12.0. The average Bonchev–Trinajstić information content (AvgIpc) is 3.35. The SMILES string of the molecule is N#Cc1cnc2[nH]cc(C(=O)c3ccc(Oc4ccc(F)cc4)cc3Cl)c2c1N[C@@H]1CC[C@@H](CO)OC1. The van der Waals surface area contributed by atoms with Gasteiger partial charge >= 0.3 is 0 Å². The molecule has 4 aromatic rings. The summed E-state index contributed by atoms with van der Waals surface area (Å²) >= 11 is 6.47. The van der Waals surface area contributed by atoms with E-state index in [2.05, 4.69) is 21.4 Å². The van der Waals surface area contributed by atoms with E-state index in [0.717, 1.165) is 6.42 Å². The fourth-order valence-electron chi connectivity index (χ4n) is 4.30. The smallest absolute Gasteiger partial charge is 0.196 e. The molecule has 37 heavy (non-hydrogen) atoms. The van der Waals surface area contributed by atoms with Crippen LogP contribution in [0.5, 0.6) is 11.5 Å². The summed E-state index contributed by atoms with van der Waals surface area (Å²) in [6.45, 7) is 0.315. The van der Waals surface area contributed by atoms with Crippen LogP contribution in [0.4, 0.5) is 10.1 Å². The van der Waals surface area contributed by atoms with Crippen LogP contribution in [0.3, 0.4) is 0 Å². The quantitative estimate of drug-likeness (QED) is 0.286. The third-order valence-electron chi connectivity index (χ3n) is 6.22. The molecule has 3 N–H and O–H groups in total. The van der Waals surface area contributed by atoms with Crippen molar-refractivity contribution < 1.29 is 23.8 Å². The van der Waals surface area contributed by atoms with Crippen molar-refractivity contribution in [2.24, 2.45) is 0 Å². The number of nitrogens with zero attached hydrogens (tertiary/aromatic N) is 2. The van der Waals surface area contributed by atoms with Gasteiger partial charge in [0.2, 0.25) is 0 Å². The van der Waals surface area contributed by atoms with E-state index in [1.54, 1.807) is 18.3 Å². The topological polar surface area (TPSA) is 120 Å². The number of aromatic nitrogens is 2. The molecule has 0 amide bonds. The minimum absolute atomic E-state index is 0.0411. The fourth-order valence-corrected chi connectivity index (χ4v) is 4.56. The Hall–Kier alpha value is -3.97. The lowest BCUT2D eigenvalue weighted by molar-refractivity contribution is -0.0223. The molecule has 0 aliphatic carbocycles. The summed E-state index contributed by atoms with van der Waals surface area (Å²) in [6.07, 6.45) is 4.20. The van der Waals surface area contributed by atoms with E-state index in [9.17, 15) is 19.6 Å². The minimum atomic E-state index is -0.377. The first-order chi connectivity index (χ1) is 18.0. The zero-order chi connectivity index (χ0) is 25.9. The van der Waals surface area contributed by atoms with Crippen LogP contribution < -0.4 is 10.1 Å². The third kappa shape index (κ3) is 5.13. The minimum Gasteiger partial charge on any atom is -0.457 e. The number of benzene rings is 2. The highest BCUT2D eigenvalue weighted by atomic mass is 35.5. The van der Waals surface area contributed by atoms with Gasteiger partial charge in [0.15, 0.2) is 5.78 Å². The van der Waals surface area contributed by atoms with Crippen molar-refractivity contribution in [2.45, 2.75) is 25.0 Å². The number of carbonyl (C=O) groups excluding carboxylic acids is 1. The van der Waals surface area contributed by atoms with Crippen molar-refractivity contribution in [1.82, 2.24) is 9.97 Å². The summed E-state index contributed by atoms with van der Waals surface area (Å²) in [4.78, 5) is 20.9. The lowest BCUT2D eigenvalue weighted by atomic mass is 10.00. The standard InChI is InChI=1S/C27H22ClFN4O4/c28-23-9-19(37-18-4-1-16(29)2-5-18)7-8-21(23)26(35)22-12-32-27-24(22)25(15(10-30)11-31-27)33-17-3-6-20(13-34)36-14-17/h1-2,4-5,7-9,11-12,17,20,34H,3,6,13-14H2,(H2,31,32,33)/t17-,20+/m1/s1. The highest BCUT2D eigenvalue weighted by Gasteiger charge is 2.26. The van der Waals surface area contributed by atoms with Gasteiger partial charge in [-0.3, -0.25) is 4.79 Å². The van der Waals surface area contributed by atoms with E-state index in [1.165, 1.54) is 36.5 Å². The molecular formula is C27H22ClFN4O4.